The Balaban J connectivity index is 1.38. The van der Waals surface area contributed by atoms with Gasteiger partial charge in [-0.1, -0.05) is 19.1 Å². The second kappa shape index (κ2) is 11.0. The molecule has 2 aliphatic rings. The molecule has 1 atom stereocenters. The van der Waals surface area contributed by atoms with E-state index in [9.17, 15) is 10.4 Å². The summed E-state index contributed by atoms with van der Waals surface area (Å²) in [7, 11) is 3.89. The zero-order valence-electron chi connectivity index (χ0n) is 22.3. The van der Waals surface area contributed by atoms with E-state index in [1.807, 2.05) is 19.1 Å². The maximum atomic E-state index is 10.9. The number of hydrogen-bond donors (Lipinski definition) is 3. The van der Waals surface area contributed by atoms with Crippen LogP contribution in [0.5, 0.6) is 0 Å². The predicted molar refractivity (Wildman–Crippen MR) is 147 cm³/mol. The second-order valence-corrected chi connectivity index (χ2v) is 10.3. The summed E-state index contributed by atoms with van der Waals surface area (Å²) in [6, 6.07) is 12.3. The molecule has 0 radical (unpaired) electrons. The zero-order chi connectivity index (χ0) is 26.7. The van der Waals surface area contributed by atoms with Crippen molar-refractivity contribution in [2.24, 2.45) is 0 Å². The van der Waals surface area contributed by atoms with E-state index in [2.05, 4.69) is 61.8 Å². The fourth-order valence-electron chi connectivity index (χ4n) is 5.52. The van der Waals surface area contributed by atoms with Crippen molar-refractivity contribution in [2.45, 2.75) is 57.2 Å². The number of aryl methyl sites for hydroxylation is 1. The standard InChI is InChI=1S/C29H35N7O2/c1-4-29(37)12-9-20-5-8-25(33-26(20)29)34-27-22(16-30)17-31-28(35-27)32-23-6-7-24(21(15-23)18-38-3)19-10-13-36(2)14-11-19/h5-8,15,17,19,37H,4,9-14,18H2,1-3H3,(H2,31,32,33,34,35). The first kappa shape index (κ1) is 26.0. The number of nitriles is 1. The van der Waals surface area contributed by atoms with Crippen molar-refractivity contribution in [3.63, 3.8) is 0 Å². The fraction of sp³-hybridized carbons (Fsp3) is 0.448. The molecule has 3 heterocycles. The molecule has 0 bridgehead atoms. The number of hydrogen-bond acceptors (Lipinski definition) is 9. The van der Waals surface area contributed by atoms with Crippen molar-refractivity contribution in [2.75, 3.05) is 37.9 Å². The lowest BCUT2D eigenvalue weighted by Crippen LogP contribution is -2.29. The lowest BCUT2D eigenvalue weighted by atomic mass is 9.86. The summed E-state index contributed by atoms with van der Waals surface area (Å²) in [6.45, 7) is 4.70. The van der Waals surface area contributed by atoms with Crippen molar-refractivity contribution in [1.29, 1.82) is 5.26 Å². The van der Waals surface area contributed by atoms with Crippen LogP contribution in [-0.2, 0) is 23.4 Å². The largest absolute Gasteiger partial charge is 0.384 e. The van der Waals surface area contributed by atoms with E-state index >= 15 is 0 Å². The summed E-state index contributed by atoms with van der Waals surface area (Å²) < 4.78 is 5.52. The summed E-state index contributed by atoms with van der Waals surface area (Å²) in [5.41, 5.74) is 4.50. The van der Waals surface area contributed by atoms with Crippen molar-refractivity contribution in [3.8, 4) is 6.07 Å². The normalized spacial score (nSPS) is 19.7. The third-order valence-corrected chi connectivity index (χ3v) is 7.83. The maximum Gasteiger partial charge on any atom is 0.229 e. The van der Waals surface area contributed by atoms with E-state index in [0.29, 0.717) is 54.2 Å². The number of anilines is 4. The van der Waals surface area contributed by atoms with Gasteiger partial charge < -0.3 is 25.4 Å². The molecule has 3 aromatic rings. The highest BCUT2D eigenvalue weighted by molar-refractivity contribution is 5.64. The highest BCUT2D eigenvalue weighted by Gasteiger charge is 2.36. The van der Waals surface area contributed by atoms with Gasteiger partial charge in [-0.3, -0.25) is 0 Å². The number of methoxy groups -OCH3 is 1. The summed E-state index contributed by atoms with van der Waals surface area (Å²) in [6.07, 6.45) is 5.85. The van der Waals surface area contributed by atoms with Crippen LogP contribution in [-0.4, -0.2) is 52.2 Å². The van der Waals surface area contributed by atoms with Crippen LogP contribution in [0.3, 0.4) is 0 Å². The van der Waals surface area contributed by atoms with E-state index < -0.39 is 5.60 Å². The van der Waals surface area contributed by atoms with Crippen LogP contribution in [0.1, 0.15) is 66.5 Å². The second-order valence-electron chi connectivity index (χ2n) is 10.3. The Kier molecular flexibility index (Phi) is 7.56. The topological polar surface area (TPSA) is 119 Å². The van der Waals surface area contributed by atoms with Crippen LogP contribution in [0.2, 0.25) is 0 Å². The Morgan fingerprint density at radius 3 is 2.74 bits per heavy atom. The Hall–Kier alpha value is -3.58. The van der Waals surface area contributed by atoms with Crippen molar-refractivity contribution < 1.29 is 9.84 Å². The van der Waals surface area contributed by atoms with E-state index in [4.69, 9.17) is 4.74 Å². The molecular formula is C29H35N7O2. The number of rotatable bonds is 8. The van der Waals surface area contributed by atoms with Gasteiger partial charge in [0, 0.05) is 12.8 Å². The van der Waals surface area contributed by atoms with Crippen molar-refractivity contribution in [3.05, 3.63) is 64.5 Å². The number of nitrogens with zero attached hydrogens (tertiary/aromatic N) is 5. The van der Waals surface area contributed by atoms with E-state index in [0.717, 1.165) is 49.2 Å². The molecule has 0 amide bonds. The number of benzene rings is 1. The lowest BCUT2D eigenvalue weighted by molar-refractivity contribution is 0.0307. The van der Waals surface area contributed by atoms with Crippen LogP contribution in [0.15, 0.2) is 36.5 Å². The number of likely N-dealkylation sites (tertiary alicyclic amines) is 1. The van der Waals surface area contributed by atoms with E-state index in [-0.39, 0.29) is 0 Å². The van der Waals surface area contributed by atoms with Crippen molar-refractivity contribution in [1.82, 2.24) is 19.9 Å². The number of fused-ring (bicyclic) bond motifs is 1. The number of nitrogens with one attached hydrogen (secondary N) is 2. The number of piperidine rings is 1. The van der Waals surface area contributed by atoms with Crippen LogP contribution in [0.4, 0.5) is 23.3 Å². The predicted octanol–water partition coefficient (Wildman–Crippen LogP) is 4.73. The molecule has 1 unspecified atom stereocenters. The third-order valence-electron chi connectivity index (χ3n) is 7.83. The first-order chi connectivity index (χ1) is 18.4. The molecule has 38 heavy (non-hydrogen) atoms. The van der Waals surface area contributed by atoms with Crippen molar-refractivity contribution >= 4 is 23.3 Å². The summed E-state index contributed by atoms with van der Waals surface area (Å²) >= 11 is 0. The molecule has 5 rings (SSSR count). The summed E-state index contributed by atoms with van der Waals surface area (Å²) in [5.74, 6) is 1.78. The number of aliphatic hydroxyl groups is 1. The molecule has 1 aliphatic heterocycles. The zero-order valence-corrected chi connectivity index (χ0v) is 22.3. The molecule has 9 heteroatoms. The average Bonchev–Trinajstić information content (AvgIpc) is 3.26. The van der Waals surface area contributed by atoms with Gasteiger partial charge in [0.25, 0.3) is 0 Å². The van der Waals surface area contributed by atoms with Gasteiger partial charge in [-0.2, -0.15) is 10.2 Å². The van der Waals surface area contributed by atoms with Crippen LogP contribution >= 0.6 is 0 Å². The van der Waals surface area contributed by atoms with Gasteiger partial charge in [0.05, 0.1) is 18.5 Å². The van der Waals surface area contributed by atoms with Gasteiger partial charge in [0.15, 0.2) is 5.82 Å². The Bertz CT molecular complexity index is 1350. The molecule has 0 spiro atoms. The Morgan fingerprint density at radius 1 is 1.18 bits per heavy atom. The molecule has 3 N–H and O–H groups in total. The van der Waals surface area contributed by atoms with Gasteiger partial charge in [0.1, 0.15) is 23.1 Å². The molecule has 198 valence electrons. The van der Waals surface area contributed by atoms with Crippen LogP contribution < -0.4 is 10.6 Å². The third kappa shape index (κ3) is 5.34. The maximum absolute atomic E-state index is 10.9. The number of pyridine rings is 1. The molecule has 1 saturated heterocycles. The van der Waals surface area contributed by atoms with Crippen LogP contribution in [0.25, 0.3) is 0 Å². The molecule has 1 aliphatic carbocycles. The molecular weight excluding hydrogens is 478 g/mol. The SMILES string of the molecule is CCC1(O)CCc2ccc(Nc3nc(Nc4ccc(C5CCN(C)CC5)c(COC)c4)ncc3C#N)nc21. The van der Waals surface area contributed by atoms with Gasteiger partial charge in [0.2, 0.25) is 5.95 Å². The average molecular weight is 514 g/mol. The Labute approximate surface area is 223 Å². The fourth-order valence-corrected chi connectivity index (χ4v) is 5.52. The smallest absolute Gasteiger partial charge is 0.229 e. The molecule has 1 aromatic carbocycles. The minimum absolute atomic E-state index is 0.307. The number of aromatic nitrogens is 3. The minimum Gasteiger partial charge on any atom is -0.384 e. The Morgan fingerprint density at radius 2 is 2.00 bits per heavy atom. The van der Waals surface area contributed by atoms with E-state index in [1.54, 1.807) is 7.11 Å². The van der Waals surface area contributed by atoms with E-state index in [1.165, 1.54) is 11.8 Å². The highest BCUT2D eigenvalue weighted by Crippen LogP contribution is 2.39. The molecule has 1 fully saturated rings. The minimum atomic E-state index is -0.914. The molecule has 0 saturated carbocycles. The summed E-state index contributed by atoms with van der Waals surface area (Å²) in [5, 5.41) is 27.0. The van der Waals surface area contributed by atoms with Gasteiger partial charge in [-0.05, 0) is 93.0 Å². The summed E-state index contributed by atoms with van der Waals surface area (Å²) in [4.78, 5) is 16.0. The number of ether oxygens (including phenoxy) is 1. The first-order valence-electron chi connectivity index (χ1n) is 13.3. The molecule has 2 aromatic heterocycles. The van der Waals surface area contributed by atoms with Gasteiger partial charge >= 0.3 is 0 Å². The molecule has 9 nitrogen and oxygen atoms in total. The van der Waals surface area contributed by atoms with Crippen LogP contribution in [0, 0.1) is 11.3 Å². The monoisotopic (exact) mass is 513 g/mol. The van der Waals surface area contributed by atoms with Gasteiger partial charge in [-0.25, -0.2) is 9.97 Å². The first-order valence-corrected chi connectivity index (χ1v) is 13.3. The van der Waals surface area contributed by atoms with Gasteiger partial charge in [-0.15, -0.1) is 0 Å². The lowest BCUT2D eigenvalue weighted by Gasteiger charge is -2.30. The highest BCUT2D eigenvalue weighted by atomic mass is 16.5. The quantitative estimate of drug-likeness (QED) is 0.393.